The number of amides is 1. The fourth-order valence-corrected chi connectivity index (χ4v) is 4.65. The van der Waals surface area contributed by atoms with Crippen LogP contribution in [0.3, 0.4) is 0 Å². The van der Waals surface area contributed by atoms with Crippen LogP contribution in [0.1, 0.15) is 42.1 Å². The summed E-state index contributed by atoms with van der Waals surface area (Å²) in [4.78, 5) is 15.2. The van der Waals surface area contributed by atoms with Crippen molar-refractivity contribution in [1.29, 1.82) is 0 Å². The molecule has 3 rings (SSSR count). The van der Waals surface area contributed by atoms with Gasteiger partial charge in [0.2, 0.25) is 0 Å². The molecule has 0 aliphatic carbocycles. The lowest BCUT2D eigenvalue weighted by molar-refractivity contribution is 0.0613. The molecular weight excluding hydrogens is 382 g/mol. The first-order chi connectivity index (χ1) is 12.9. The second kappa shape index (κ2) is 8.44. The number of rotatable bonds is 5. The lowest BCUT2D eigenvalue weighted by atomic mass is 9.95. The van der Waals surface area contributed by atoms with Crippen molar-refractivity contribution in [1.82, 2.24) is 4.90 Å². The second-order valence-electron chi connectivity index (χ2n) is 6.88. The first-order valence-corrected chi connectivity index (χ1v) is 11.3. The Bertz CT molecular complexity index is 912. The van der Waals surface area contributed by atoms with Gasteiger partial charge in [0, 0.05) is 12.6 Å². The maximum absolute atomic E-state index is 13.2. The third-order valence-electron chi connectivity index (χ3n) is 5.11. The van der Waals surface area contributed by atoms with Crippen LogP contribution in [0, 0.1) is 0 Å². The Labute approximate surface area is 166 Å². The SMILES string of the molecule is CCS(=O)(=O)c1ccc(Cl)c(C(=O)N2CCCCC2Cc2ccccc2)c1. The van der Waals surface area contributed by atoms with E-state index >= 15 is 0 Å². The summed E-state index contributed by atoms with van der Waals surface area (Å²) in [6.07, 6.45) is 3.75. The summed E-state index contributed by atoms with van der Waals surface area (Å²) in [5.74, 6) is -0.198. The molecule has 1 atom stereocenters. The number of hydrogen-bond acceptors (Lipinski definition) is 3. The highest BCUT2D eigenvalue weighted by Gasteiger charge is 2.29. The van der Waals surface area contributed by atoms with E-state index in [4.69, 9.17) is 11.6 Å². The number of likely N-dealkylation sites (tertiary alicyclic amines) is 1. The molecule has 1 heterocycles. The van der Waals surface area contributed by atoms with Crippen LogP contribution in [0.15, 0.2) is 53.4 Å². The summed E-state index contributed by atoms with van der Waals surface area (Å²) < 4.78 is 24.4. The minimum atomic E-state index is -3.39. The molecule has 1 fully saturated rings. The number of sulfone groups is 1. The summed E-state index contributed by atoms with van der Waals surface area (Å²) in [5.41, 5.74) is 1.46. The van der Waals surface area contributed by atoms with Gasteiger partial charge in [-0.2, -0.15) is 0 Å². The maximum atomic E-state index is 13.2. The van der Waals surface area contributed by atoms with E-state index in [-0.39, 0.29) is 28.2 Å². The van der Waals surface area contributed by atoms with E-state index in [0.29, 0.717) is 11.6 Å². The van der Waals surface area contributed by atoms with E-state index in [1.54, 1.807) is 6.92 Å². The smallest absolute Gasteiger partial charge is 0.255 e. The van der Waals surface area contributed by atoms with Crippen molar-refractivity contribution in [2.75, 3.05) is 12.3 Å². The molecule has 0 saturated carbocycles. The zero-order valence-electron chi connectivity index (χ0n) is 15.4. The van der Waals surface area contributed by atoms with Crippen LogP contribution in [0.5, 0.6) is 0 Å². The van der Waals surface area contributed by atoms with E-state index in [0.717, 1.165) is 25.7 Å². The fourth-order valence-electron chi connectivity index (χ4n) is 3.55. The van der Waals surface area contributed by atoms with Gasteiger partial charge in [-0.15, -0.1) is 0 Å². The van der Waals surface area contributed by atoms with E-state index in [9.17, 15) is 13.2 Å². The molecular formula is C21H24ClNO3S. The quantitative estimate of drug-likeness (QED) is 0.742. The van der Waals surface area contributed by atoms with Crippen LogP contribution in [-0.4, -0.2) is 37.6 Å². The normalized spacial score (nSPS) is 17.7. The Morgan fingerprint density at radius 2 is 1.89 bits per heavy atom. The molecule has 4 nitrogen and oxygen atoms in total. The van der Waals surface area contributed by atoms with Crippen molar-refractivity contribution < 1.29 is 13.2 Å². The van der Waals surface area contributed by atoms with Crippen LogP contribution in [0.2, 0.25) is 5.02 Å². The highest BCUT2D eigenvalue weighted by Crippen LogP contribution is 2.27. The van der Waals surface area contributed by atoms with Gasteiger partial charge >= 0.3 is 0 Å². The largest absolute Gasteiger partial charge is 0.335 e. The molecule has 0 aromatic heterocycles. The van der Waals surface area contributed by atoms with Crippen LogP contribution >= 0.6 is 11.6 Å². The molecule has 144 valence electrons. The monoisotopic (exact) mass is 405 g/mol. The number of piperidine rings is 1. The van der Waals surface area contributed by atoms with Crippen LogP contribution in [0.25, 0.3) is 0 Å². The van der Waals surface area contributed by atoms with E-state index in [2.05, 4.69) is 12.1 Å². The number of benzene rings is 2. The van der Waals surface area contributed by atoms with Gasteiger partial charge in [0.1, 0.15) is 0 Å². The molecule has 2 aromatic carbocycles. The maximum Gasteiger partial charge on any atom is 0.255 e. The van der Waals surface area contributed by atoms with Gasteiger partial charge in [-0.05, 0) is 49.4 Å². The van der Waals surface area contributed by atoms with Crippen molar-refractivity contribution in [3.05, 3.63) is 64.7 Å². The summed E-state index contributed by atoms with van der Waals surface area (Å²) in [6.45, 7) is 2.25. The molecule has 1 amide bonds. The number of carbonyl (C=O) groups is 1. The highest BCUT2D eigenvalue weighted by molar-refractivity contribution is 7.91. The van der Waals surface area contributed by atoms with Gasteiger partial charge in [-0.3, -0.25) is 4.79 Å². The third-order valence-corrected chi connectivity index (χ3v) is 7.17. The van der Waals surface area contributed by atoms with E-state index in [1.165, 1.54) is 23.8 Å². The van der Waals surface area contributed by atoms with Gasteiger partial charge in [-0.25, -0.2) is 8.42 Å². The first kappa shape index (κ1) is 19.9. The zero-order valence-corrected chi connectivity index (χ0v) is 17.0. The Kier molecular flexibility index (Phi) is 6.22. The molecule has 1 unspecified atom stereocenters. The van der Waals surface area contributed by atoms with Crippen LogP contribution in [0.4, 0.5) is 0 Å². The predicted octanol–water partition coefficient (Wildman–Crippen LogP) is 4.37. The Hall–Kier alpha value is -1.85. The van der Waals surface area contributed by atoms with E-state index < -0.39 is 9.84 Å². The Morgan fingerprint density at radius 3 is 2.59 bits per heavy atom. The van der Waals surface area contributed by atoms with Gasteiger partial charge in [-0.1, -0.05) is 48.9 Å². The van der Waals surface area contributed by atoms with Crippen molar-refractivity contribution in [3.63, 3.8) is 0 Å². The van der Waals surface area contributed by atoms with Crippen molar-refractivity contribution in [2.24, 2.45) is 0 Å². The summed E-state index contributed by atoms with van der Waals surface area (Å²) in [5, 5.41) is 0.291. The number of nitrogens with zero attached hydrogens (tertiary/aromatic N) is 1. The Balaban J connectivity index is 1.90. The first-order valence-electron chi connectivity index (χ1n) is 9.29. The van der Waals surface area contributed by atoms with E-state index in [1.807, 2.05) is 23.1 Å². The fraction of sp³-hybridized carbons (Fsp3) is 0.381. The zero-order chi connectivity index (χ0) is 19.4. The van der Waals surface area contributed by atoms with Crippen molar-refractivity contribution >= 4 is 27.3 Å². The average Bonchev–Trinajstić information content (AvgIpc) is 2.69. The molecule has 6 heteroatoms. The van der Waals surface area contributed by atoms with Gasteiger partial charge < -0.3 is 4.90 Å². The number of carbonyl (C=O) groups excluding carboxylic acids is 1. The highest BCUT2D eigenvalue weighted by atomic mass is 35.5. The van der Waals surface area contributed by atoms with Gasteiger partial charge in [0.05, 0.1) is 21.2 Å². The summed E-state index contributed by atoms with van der Waals surface area (Å²) in [7, 11) is -3.39. The van der Waals surface area contributed by atoms with Gasteiger partial charge in [0.15, 0.2) is 9.84 Å². The standard InChI is InChI=1S/C21H24ClNO3S/c1-2-27(25,26)18-11-12-20(22)19(15-18)21(24)23-13-7-6-10-17(23)14-16-8-4-3-5-9-16/h3-5,8-9,11-12,15,17H,2,6-7,10,13-14H2,1H3. The lowest BCUT2D eigenvalue weighted by Crippen LogP contribution is -2.45. The summed E-state index contributed by atoms with van der Waals surface area (Å²) >= 11 is 6.27. The minimum Gasteiger partial charge on any atom is -0.335 e. The molecule has 27 heavy (non-hydrogen) atoms. The topological polar surface area (TPSA) is 54.5 Å². The lowest BCUT2D eigenvalue weighted by Gasteiger charge is -2.36. The van der Waals surface area contributed by atoms with Crippen LogP contribution in [-0.2, 0) is 16.3 Å². The minimum absolute atomic E-state index is 0.0113. The van der Waals surface area contributed by atoms with Crippen molar-refractivity contribution in [3.8, 4) is 0 Å². The molecule has 0 bridgehead atoms. The Morgan fingerprint density at radius 1 is 1.15 bits per heavy atom. The summed E-state index contributed by atoms with van der Waals surface area (Å²) in [6, 6.07) is 14.6. The molecule has 0 spiro atoms. The second-order valence-corrected chi connectivity index (χ2v) is 9.57. The molecule has 2 aromatic rings. The number of hydrogen-bond donors (Lipinski definition) is 0. The molecule has 0 radical (unpaired) electrons. The molecule has 1 aliphatic heterocycles. The van der Waals surface area contributed by atoms with Crippen molar-refractivity contribution in [2.45, 2.75) is 43.5 Å². The number of halogens is 1. The molecule has 0 N–H and O–H groups in total. The third kappa shape index (κ3) is 4.53. The van der Waals surface area contributed by atoms with Gasteiger partial charge in [0.25, 0.3) is 5.91 Å². The van der Waals surface area contributed by atoms with Crippen LogP contribution < -0.4 is 0 Å². The molecule has 1 saturated heterocycles. The average molecular weight is 406 g/mol. The molecule has 1 aliphatic rings. The predicted molar refractivity (Wildman–Crippen MR) is 108 cm³/mol.